The van der Waals surface area contributed by atoms with E-state index >= 15 is 0 Å². The summed E-state index contributed by atoms with van der Waals surface area (Å²) in [7, 11) is 0. The quantitative estimate of drug-likeness (QED) is 0.776. The second-order valence-corrected chi connectivity index (χ2v) is 5.59. The monoisotopic (exact) mass is 224 g/mol. The first-order valence-electron chi connectivity index (χ1n) is 5.63. The lowest BCUT2D eigenvalue weighted by atomic mass is 10.1. The molecule has 1 amide bonds. The maximum atomic E-state index is 11.8. The standard InChI is InChI=1S/C11H16N2OS/c12-7-8-3-1-4-9(8)13-11(14)10-5-2-6-15-10/h8-10H,1-6H2,(H,13,14). The van der Waals surface area contributed by atoms with Crippen LogP contribution in [0, 0.1) is 17.2 Å². The zero-order valence-corrected chi connectivity index (χ0v) is 9.55. The molecule has 1 saturated heterocycles. The van der Waals surface area contributed by atoms with E-state index < -0.39 is 0 Å². The molecule has 3 nitrogen and oxygen atoms in total. The van der Waals surface area contributed by atoms with Crippen LogP contribution in [0.25, 0.3) is 0 Å². The molecule has 2 aliphatic rings. The van der Waals surface area contributed by atoms with Crippen LogP contribution in [0.1, 0.15) is 32.1 Å². The van der Waals surface area contributed by atoms with Gasteiger partial charge in [0.25, 0.3) is 0 Å². The highest BCUT2D eigenvalue weighted by atomic mass is 32.2. The third-order valence-electron chi connectivity index (χ3n) is 3.23. The fourth-order valence-electron chi connectivity index (χ4n) is 2.35. The normalized spacial score (nSPS) is 35.0. The van der Waals surface area contributed by atoms with Crippen LogP contribution < -0.4 is 5.32 Å². The van der Waals surface area contributed by atoms with E-state index in [0.717, 1.165) is 37.9 Å². The maximum Gasteiger partial charge on any atom is 0.233 e. The average molecular weight is 224 g/mol. The lowest BCUT2D eigenvalue weighted by molar-refractivity contribution is -0.121. The maximum absolute atomic E-state index is 11.8. The van der Waals surface area contributed by atoms with Gasteiger partial charge >= 0.3 is 0 Å². The number of hydrogen-bond donors (Lipinski definition) is 1. The van der Waals surface area contributed by atoms with E-state index in [1.54, 1.807) is 11.8 Å². The van der Waals surface area contributed by atoms with Gasteiger partial charge in [0.15, 0.2) is 0 Å². The van der Waals surface area contributed by atoms with Gasteiger partial charge in [-0.25, -0.2) is 0 Å². The predicted octanol–water partition coefficient (Wildman–Crippen LogP) is 1.69. The molecule has 15 heavy (non-hydrogen) atoms. The van der Waals surface area contributed by atoms with Gasteiger partial charge in [-0.3, -0.25) is 4.79 Å². The fraction of sp³-hybridized carbons (Fsp3) is 0.818. The first kappa shape index (κ1) is 10.8. The molecule has 1 heterocycles. The van der Waals surface area contributed by atoms with Gasteiger partial charge in [0.1, 0.15) is 0 Å². The van der Waals surface area contributed by atoms with Crippen molar-refractivity contribution in [1.82, 2.24) is 5.32 Å². The molecule has 0 radical (unpaired) electrons. The lowest BCUT2D eigenvalue weighted by Gasteiger charge is -2.17. The van der Waals surface area contributed by atoms with Crippen molar-refractivity contribution >= 4 is 17.7 Å². The Hall–Kier alpha value is -0.690. The summed E-state index contributed by atoms with van der Waals surface area (Å²) in [5.41, 5.74) is 0. The Balaban J connectivity index is 1.85. The molecule has 3 unspecified atom stereocenters. The molecular weight excluding hydrogens is 208 g/mol. The number of thioether (sulfide) groups is 1. The summed E-state index contributed by atoms with van der Waals surface area (Å²) >= 11 is 1.75. The second-order valence-electron chi connectivity index (χ2n) is 4.28. The minimum absolute atomic E-state index is 0.0420. The third-order valence-corrected chi connectivity index (χ3v) is 4.61. The van der Waals surface area contributed by atoms with E-state index in [1.807, 2.05) is 0 Å². The van der Waals surface area contributed by atoms with Crippen molar-refractivity contribution < 1.29 is 4.79 Å². The molecule has 0 aromatic carbocycles. The first-order valence-corrected chi connectivity index (χ1v) is 6.67. The number of rotatable bonds is 2. The molecule has 2 fully saturated rings. The summed E-state index contributed by atoms with van der Waals surface area (Å²) in [5, 5.41) is 12.1. The number of amides is 1. The van der Waals surface area contributed by atoms with E-state index in [1.165, 1.54) is 0 Å². The van der Waals surface area contributed by atoms with Gasteiger partial charge in [-0.2, -0.15) is 5.26 Å². The lowest BCUT2D eigenvalue weighted by Crippen LogP contribution is -2.41. The van der Waals surface area contributed by atoms with Crippen molar-refractivity contribution in [1.29, 1.82) is 5.26 Å². The van der Waals surface area contributed by atoms with Crippen molar-refractivity contribution in [3.63, 3.8) is 0 Å². The largest absolute Gasteiger partial charge is 0.351 e. The number of hydrogen-bond acceptors (Lipinski definition) is 3. The van der Waals surface area contributed by atoms with Crippen molar-refractivity contribution in [3.8, 4) is 6.07 Å². The third kappa shape index (κ3) is 2.46. The molecule has 2 rings (SSSR count). The van der Waals surface area contributed by atoms with Crippen LogP contribution in [0.15, 0.2) is 0 Å². The number of nitrogens with zero attached hydrogens (tertiary/aromatic N) is 1. The van der Waals surface area contributed by atoms with Crippen LogP contribution in [0.3, 0.4) is 0 Å². The molecule has 82 valence electrons. The van der Waals surface area contributed by atoms with Crippen molar-refractivity contribution in [3.05, 3.63) is 0 Å². The second kappa shape index (κ2) is 4.89. The Morgan fingerprint density at radius 2 is 2.20 bits per heavy atom. The van der Waals surface area contributed by atoms with E-state index in [2.05, 4.69) is 11.4 Å². The molecule has 1 aliphatic heterocycles. The molecule has 0 spiro atoms. The minimum atomic E-state index is 0.0420. The molecular formula is C11H16N2OS. The molecule has 4 heteroatoms. The summed E-state index contributed by atoms with van der Waals surface area (Å²) in [4.78, 5) is 11.8. The predicted molar refractivity (Wildman–Crippen MR) is 60.4 cm³/mol. The topological polar surface area (TPSA) is 52.9 Å². The van der Waals surface area contributed by atoms with Gasteiger partial charge in [0.2, 0.25) is 5.91 Å². The number of nitrogens with one attached hydrogen (secondary N) is 1. The Bertz CT molecular complexity index is 281. The highest BCUT2D eigenvalue weighted by Crippen LogP contribution is 2.28. The number of carbonyl (C=O) groups excluding carboxylic acids is 1. The molecule has 0 aromatic rings. The summed E-state index contributed by atoms with van der Waals surface area (Å²) in [5.74, 6) is 1.30. The highest BCUT2D eigenvalue weighted by molar-refractivity contribution is 8.00. The summed E-state index contributed by atoms with van der Waals surface area (Å²) in [6.07, 6.45) is 5.14. The number of carbonyl (C=O) groups is 1. The van der Waals surface area contributed by atoms with Gasteiger partial charge in [-0.15, -0.1) is 11.8 Å². The van der Waals surface area contributed by atoms with Crippen LogP contribution in [-0.4, -0.2) is 23.0 Å². The van der Waals surface area contributed by atoms with Gasteiger partial charge < -0.3 is 5.32 Å². The Kier molecular flexibility index (Phi) is 3.53. The van der Waals surface area contributed by atoms with Gasteiger partial charge in [-0.1, -0.05) is 0 Å². The minimum Gasteiger partial charge on any atom is -0.351 e. The highest BCUT2D eigenvalue weighted by Gasteiger charge is 2.31. The zero-order chi connectivity index (χ0) is 10.7. The van der Waals surface area contributed by atoms with Crippen molar-refractivity contribution in [2.45, 2.75) is 43.4 Å². The van der Waals surface area contributed by atoms with Crippen LogP contribution >= 0.6 is 11.8 Å². The molecule has 3 atom stereocenters. The SMILES string of the molecule is N#CC1CCCC1NC(=O)C1CCCS1. The first-order chi connectivity index (χ1) is 7.31. The van der Waals surface area contributed by atoms with Gasteiger partial charge in [0, 0.05) is 6.04 Å². The Morgan fingerprint density at radius 1 is 1.33 bits per heavy atom. The van der Waals surface area contributed by atoms with Crippen LogP contribution in [-0.2, 0) is 4.79 Å². The average Bonchev–Trinajstić information content (AvgIpc) is 2.87. The van der Waals surface area contributed by atoms with Gasteiger partial charge in [-0.05, 0) is 37.9 Å². The van der Waals surface area contributed by atoms with Crippen molar-refractivity contribution in [2.24, 2.45) is 5.92 Å². The van der Waals surface area contributed by atoms with E-state index in [0.29, 0.717) is 0 Å². The Morgan fingerprint density at radius 3 is 2.87 bits per heavy atom. The van der Waals surface area contributed by atoms with Crippen LogP contribution in [0.5, 0.6) is 0 Å². The zero-order valence-electron chi connectivity index (χ0n) is 8.74. The van der Waals surface area contributed by atoms with Crippen LogP contribution in [0.4, 0.5) is 0 Å². The molecule has 0 bridgehead atoms. The number of nitriles is 1. The molecule has 1 aliphatic carbocycles. The van der Waals surface area contributed by atoms with E-state index in [9.17, 15) is 4.79 Å². The van der Waals surface area contributed by atoms with E-state index in [4.69, 9.17) is 5.26 Å². The summed E-state index contributed by atoms with van der Waals surface area (Å²) in [6.45, 7) is 0. The Labute approximate surface area is 94.6 Å². The van der Waals surface area contributed by atoms with Crippen molar-refractivity contribution in [2.75, 3.05) is 5.75 Å². The summed E-state index contributed by atoms with van der Waals surface area (Å²) in [6, 6.07) is 2.40. The van der Waals surface area contributed by atoms with Crippen LogP contribution in [0.2, 0.25) is 0 Å². The molecule has 0 aromatic heterocycles. The fourth-order valence-corrected chi connectivity index (χ4v) is 3.52. The molecule has 1 N–H and O–H groups in total. The molecule has 1 saturated carbocycles. The van der Waals surface area contributed by atoms with E-state index in [-0.39, 0.29) is 23.1 Å². The van der Waals surface area contributed by atoms with Gasteiger partial charge in [0.05, 0.1) is 17.2 Å². The smallest absolute Gasteiger partial charge is 0.233 e. The summed E-state index contributed by atoms with van der Waals surface area (Å²) < 4.78 is 0.